The van der Waals surface area contributed by atoms with Gasteiger partial charge in [-0.3, -0.25) is 0 Å². The molecule has 0 fully saturated rings. The lowest BCUT2D eigenvalue weighted by Gasteiger charge is -2.07. The third kappa shape index (κ3) is 7.42. The Morgan fingerprint density at radius 3 is 2.70 bits per heavy atom. The largest absolute Gasteiger partial charge is 0.463 e. The maximum Gasteiger partial charge on any atom is 0.322 e. The van der Waals surface area contributed by atoms with Crippen LogP contribution < -0.4 is 10.1 Å². The average Bonchev–Trinajstić information content (AvgIpc) is 2.43. The predicted octanol–water partition coefficient (Wildman–Crippen LogP) is 1.78. The van der Waals surface area contributed by atoms with Crippen molar-refractivity contribution < 1.29 is 14.2 Å². The first-order chi connectivity index (χ1) is 9.76. The van der Waals surface area contributed by atoms with Gasteiger partial charge in [0.2, 0.25) is 11.2 Å². The molecule has 1 rings (SSSR count). The summed E-state index contributed by atoms with van der Waals surface area (Å²) in [5, 5.41) is 3.15. The Labute approximate surface area is 124 Å². The number of methoxy groups -OCH3 is 1. The summed E-state index contributed by atoms with van der Waals surface area (Å²) in [6.07, 6.45) is 1.71. The molecule has 1 heterocycles. The van der Waals surface area contributed by atoms with Gasteiger partial charge in [-0.15, -0.1) is 0 Å². The number of anilines is 1. The van der Waals surface area contributed by atoms with E-state index in [2.05, 4.69) is 27.2 Å². The van der Waals surface area contributed by atoms with E-state index < -0.39 is 0 Å². The molecule has 0 radical (unpaired) electrons. The van der Waals surface area contributed by atoms with Crippen molar-refractivity contribution in [3.05, 3.63) is 5.28 Å². The average molecular weight is 305 g/mol. The Balaban J connectivity index is 2.26. The first-order valence-electron chi connectivity index (χ1n) is 6.61. The highest BCUT2D eigenvalue weighted by atomic mass is 35.5. The van der Waals surface area contributed by atoms with Crippen molar-refractivity contribution in [1.82, 2.24) is 15.0 Å². The van der Waals surface area contributed by atoms with E-state index in [9.17, 15) is 0 Å². The highest BCUT2D eigenvalue weighted by molar-refractivity contribution is 6.28. The zero-order valence-electron chi connectivity index (χ0n) is 11.9. The second-order valence-corrected chi connectivity index (χ2v) is 4.28. The highest BCUT2D eigenvalue weighted by Gasteiger charge is 2.05. The molecule has 0 aliphatic rings. The van der Waals surface area contributed by atoms with Gasteiger partial charge in [-0.1, -0.05) is 6.92 Å². The van der Waals surface area contributed by atoms with Crippen LogP contribution in [0.15, 0.2) is 0 Å². The van der Waals surface area contributed by atoms with E-state index in [0.717, 1.165) is 19.4 Å². The molecule has 0 spiro atoms. The predicted molar refractivity (Wildman–Crippen MR) is 76.4 cm³/mol. The van der Waals surface area contributed by atoms with Crippen molar-refractivity contribution in [3.8, 4) is 6.01 Å². The topological polar surface area (TPSA) is 78.4 Å². The summed E-state index contributed by atoms with van der Waals surface area (Å²) in [6, 6.07) is 0.223. The fourth-order valence-electron chi connectivity index (χ4n) is 1.28. The van der Waals surface area contributed by atoms with Crippen molar-refractivity contribution in [2.24, 2.45) is 0 Å². The fraction of sp³-hybridized carbons (Fsp3) is 0.750. The summed E-state index contributed by atoms with van der Waals surface area (Å²) < 4.78 is 15.6. The lowest BCUT2D eigenvalue weighted by molar-refractivity contribution is 0.0639. The van der Waals surface area contributed by atoms with E-state index in [1.165, 1.54) is 0 Å². The zero-order valence-corrected chi connectivity index (χ0v) is 12.7. The molecule has 0 amide bonds. The quantitative estimate of drug-likeness (QED) is 0.624. The van der Waals surface area contributed by atoms with Crippen molar-refractivity contribution in [3.63, 3.8) is 0 Å². The van der Waals surface area contributed by atoms with Crippen LogP contribution in [0.3, 0.4) is 0 Å². The van der Waals surface area contributed by atoms with Gasteiger partial charge in [-0.05, 0) is 18.0 Å². The normalized spacial score (nSPS) is 10.6. The maximum absolute atomic E-state index is 5.81. The highest BCUT2D eigenvalue weighted by Crippen LogP contribution is 2.11. The van der Waals surface area contributed by atoms with Gasteiger partial charge < -0.3 is 19.5 Å². The lowest BCUT2D eigenvalue weighted by atomic mass is 10.5. The van der Waals surface area contributed by atoms with E-state index in [-0.39, 0.29) is 11.3 Å². The molecule has 20 heavy (non-hydrogen) atoms. The summed E-state index contributed by atoms with van der Waals surface area (Å²) in [7, 11) is 1.64. The number of ether oxygens (including phenoxy) is 3. The van der Waals surface area contributed by atoms with Crippen molar-refractivity contribution in [2.45, 2.75) is 19.8 Å². The van der Waals surface area contributed by atoms with Crippen LogP contribution in [0.5, 0.6) is 6.01 Å². The van der Waals surface area contributed by atoms with Gasteiger partial charge in [0.15, 0.2) is 0 Å². The Morgan fingerprint density at radius 2 is 1.95 bits per heavy atom. The second-order valence-electron chi connectivity index (χ2n) is 3.94. The molecule has 0 aliphatic carbocycles. The molecular weight excluding hydrogens is 284 g/mol. The smallest absolute Gasteiger partial charge is 0.322 e. The van der Waals surface area contributed by atoms with Gasteiger partial charge in [0, 0.05) is 26.7 Å². The fourth-order valence-corrected chi connectivity index (χ4v) is 1.43. The van der Waals surface area contributed by atoms with Gasteiger partial charge in [0.05, 0.1) is 19.8 Å². The monoisotopic (exact) mass is 304 g/mol. The number of rotatable bonds is 11. The molecule has 1 N–H and O–H groups in total. The van der Waals surface area contributed by atoms with Gasteiger partial charge in [0.25, 0.3) is 0 Å². The molecule has 0 unspecified atom stereocenters. The first-order valence-corrected chi connectivity index (χ1v) is 6.99. The number of hydrogen-bond donors (Lipinski definition) is 1. The van der Waals surface area contributed by atoms with E-state index in [0.29, 0.717) is 32.4 Å². The summed E-state index contributed by atoms with van der Waals surface area (Å²) in [5.41, 5.74) is 0. The van der Waals surface area contributed by atoms with Crippen molar-refractivity contribution >= 4 is 17.5 Å². The molecule has 7 nitrogen and oxygen atoms in total. The number of hydrogen-bond acceptors (Lipinski definition) is 7. The summed E-state index contributed by atoms with van der Waals surface area (Å²) in [6.45, 7) is 5.06. The minimum absolute atomic E-state index is 0.116. The Morgan fingerprint density at radius 1 is 1.10 bits per heavy atom. The van der Waals surface area contributed by atoms with E-state index >= 15 is 0 Å². The number of nitrogens with one attached hydrogen (secondary N) is 1. The molecule has 0 aliphatic heterocycles. The Bertz CT molecular complexity index is 382. The maximum atomic E-state index is 5.81. The lowest BCUT2D eigenvalue weighted by Crippen LogP contribution is -2.10. The molecule has 0 aromatic carbocycles. The van der Waals surface area contributed by atoms with Crippen LogP contribution in [0.4, 0.5) is 5.95 Å². The second kappa shape index (κ2) is 10.6. The van der Waals surface area contributed by atoms with Crippen LogP contribution in [0.25, 0.3) is 0 Å². The zero-order chi connectivity index (χ0) is 14.6. The summed E-state index contributed by atoms with van der Waals surface area (Å²) >= 11 is 5.81. The Hall–Kier alpha value is -1.18. The number of halogens is 1. The molecule has 8 heteroatoms. The Kier molecular flexibility index (Phi) is 8.93. The molecule has 0 bridgehead atoms. The van der Waals surface area contributed by atoms with Crippen molar-refractivity contribution in [2.75, 3.05) is 45.4 Å². The van der Waals surface area contributed by atoms with Crippen LogP contribution in [0.2, 0.25) is 5.28 Å². The molecular formula is C12H21ClN4O3. The SMILES string of the molecule is CCCNc1nc(Cl)nc(OCCCOCCOC)n1. The molecule has 0 atom stereocenters. The van der Waals surface area contributed by atoms with Gasteiger partial charge in [-0.2, -0.15) is 15.0 Å². The van der Waals surface area contributed by atoms with E-state index in [1.807, 2.05) is 0 Å². The third-order valence-electron chi connectivity index (χ3n) is 2.22. The summed E-state index contributed by atoms with van der Waals surface area (Å²) in [5.74, 6) is 0.429. The van der Waals surface area contributed by atoms with E-state index in [4.69, 9.17) is 25.8 Å². The molecule has 1 aromatic heterocycles. The molecule has 0 saturated carbocycles. The van der Waals surface area contributed by atoms with Crippen LogP contribution in [0, 0.1) is 0 Å². The van der Waals surface area contributed by atoms with E-state index in [1.54, 1.807) is 7.11 Å². The minimum atomic E-state index is 0.116. The van der Waals surface area contributed by atoms with Crippen LogP contribution in [0.1, 0.15) is 19.8 Å². The first kappa shape index (κ1) is 16.9. The molecule has 0 saturated heterocycles. The minimum Gasteiger partial charge on any atom is -0.463 e. The van der Waals surface area contributed by atoms with Crippen molar-refractivity contribution in [1.29, 1.82) is 0 Å². The van der Waals surface area contributed by atoms with Gasteiger partial charge in [0.1, 0.15) is 0 Å². The third-order valence-corrected chi connectivity index (χ3v) is 2.39. The number of nitrogens with zero attached hydrogens (tertiary/aromatic N) is 3. The molecule has 1 aromatic rings. The standard InChI is InChI=1S/C12H21ClN4O3/c1-3-5-14-11-15-10(13)16-12(17-11)20-7-4-6-19-9-8-18-2/h3-9H2,1-2H3,(H,14,15,16,17). The molecule has 114 valence electrons. The summed E-state index contributed by atoms with van der Waals surface area (Å²) in [4.78, 5) is 12.0. The van der Waals surface area contributed by atoms with Gasteiger partial charge in [-0.25, -0.2) is 0 Å². The van der Waals surface area contributed by atoms with Gasteiger partial charge >= 0.3 is 6.01 Å². The van der Waals surface area contributed by atoms with Crippen LogP contribution >= 0.6 is 11.6 Å². The van der Waals surface area contributed by atoms with Crippen LogP contribution in [-0.4, -0.2) is 55.0 Å². The number of aromatic nitrogens is 3. The van der Waals surface area contributed by atoms with Crippen LogP contribution in [-0.2, 0) is 9.47 Å².